The number of likely N-dealkylation sites (N-methyl/N-ethyl adjacent to an activating group) is 1. The molecule has 2 aliphatic heterocycles. The van der Waals surface area contributed by atoms with Crippen LogP contribution in [0.4, 0.5) is 5.69 Å². The smallest absolute Gasteiger partial charge is 0.211 e. The molecular weight excluding hydrogens is 374 g/mol. The summed E-state index contributed by atoms with van der Waals surface area (Å²) >= 11 is 9.76. The first-order valence-electron chi connectivity index (χ1n) is 7.57. The molecule has 1 atom stereocenters. The standard InChI is InChI=1S/C19H17BrClNO/c1-18(2)14-6-4-5-7-16(14)22(3)19(18)9-8-12-10-13(21)11-15(20)17(12)23-19/h4-11H,1-3H3/t19-/m0/s1. The summed E-state index contributed by atoms with van der Waals surface area (Å²) in [5, 5.41) is 0.696. The third kappa shape index (κ3) is 1.87. The topological polar surface area (TPSA) is 12.5 Å². The van der Waals surface area contributed by atoms with Crippen molar-refractivity contribution in [3.05, 3.63) is 63.1 Å². The van der Waals surface area contributed by atoms with Gasteiger partial charge in [-0.1, -0.05) is 29.8 Å². The predicted molar refractivity (Wildman–Crippen MR) is 99.4 cm³/mol. The molecule has 0 amide bonds. The Balaban J connectivity index is 1.92. The van der Waals surface area contributed by atoms with Crippen LogP contribution in [0.5, 0.6) is 5.75 Å². The van der Waals surface area contributed by atoms with Gasteiger partial charge in [-0.05, 0) is 65.7 Å². The number of ether oxygens (including phenoxy) is 1. The molecule has 1 spiro atoms. The van der Waals surface area contributed by atoms with E-state index in [-0.39, 0.29) is 5.41 Å². The molecule has 0 bridgehead atoms. The maximum atomic E-state index is 6.61. The van der Waals surface area contributed by atoms with E-state index in [1.54, 1.807) is 0 Å². The van der Waals surface area contributed by atoms with Gasteiger partial charge < -0.3 is 9.64 Å². The van der Waals surface area contributed by atoms with Crippen LogP contribution in [0.3, 0.4) is 0 Å². The number of anilines is 1. The van der Waals surface area contributed by atoms with Gasteiger partial charge >= 0.3 is 0 Å². The summed E-state index contributed by atoms with van der Waals surface area (Å²) in [6, 6.07) is 12.3. The molecule has 2 heterocycles. The van der Waals surface area contributed by atoms with E-state index < -0.39 is 5.72 Å². The van der Waals surface area contributed by atoms with Gasteiger partial charge in [0.05, 0.1) is 9.89 Å². The fourth-order valence-electron chi connectivity index (χ4n) is 3.81. The Morgan fingerprint density at radius 1 is 1.17 bits per heavy atom. The molecular formula is C19H17BrClNO. The first-order chi connectivity index (χ1) is 10.9. The lowest BCUT2D eigenvalue weighted by Gasteiger charge is -2.46. The first-order valence-corrected chi connectivity index (χ1v) is 8.74. The molecule has 0 fully saturated rings. The molecule has 2 nitrogen and oxygen atoms in total. The summed E-state index contributed by atoms with van der Waals surface area (Å²) in [6.07, 6.45) is 4.26. The Kier molecular flexibility index (Phi) is 3.14. The predicted octanol–water partition coefficient (Wildman–Crippen LogP) is 5.63. The van der Waals surface area contributed by atoms with Crippen LogP contribution in [-0.4, -0.2) is 12.8 Å². The zero-order chi connectivity index (χ0) is 16.4. The van der Waals surface area contributed by atoms with Crippen LogP contribution >= 0.6 is 27.5 Å². The molecule has 0 unspecified atom stereocenters. The Hall–Kier alpha value is -1.45. The molecule has 118 valence electrons. The number of para-hydroxylation sites is 1. The van der Waals surface area contributed by atoms with Crippen LogP contribution in [0.25, 0.3) is 6.08 Å². The van der Waals surface area contributed by atoms with Crippen molar-refractivity contribution < 1.29 is 4.74 Å². The van der Waals surface area contributed by atoms with E-state index in [4.69, 9.17) is 16.3 Å². The SMILES string of the molecule is CN1c2ccccc2C(C)(C)[C@@]12C=Cc1cc(Cl)cc(Br)c1O2. The second kappa shape index (κ2) is 4.78. The second-order valence-corrected chi connectivity index (χ2v) is 7.93. The Labute approximate surface area is 149 Å². The van der Waals surface area contributed by atoms with E-state index >= 15 is 0 Å². The van der Waals surface area contributed by atoms with Gasteiger partial charge in [0, 0.05) is 23.3 Å². The van der Waals surface area contributed by atoms with Crippen LogP contribution in [0.1, 0.15) is 25.0 Å². The van der Waals surface area contributed by atoms with Crippen molar-refractivity contribution >= 4 is 39.3 Å². The molecule has 0 aromatic heterocycles. The number of benzene rings is 2. The van der Waals surface area contributed by atoms with Gasteiger partial charge in [-0.2, -0.15) is 0 Å². The van der Waals surface area contributed by atoms with Crippen LogP contribution in [0.15, 0.2) is 46.9 Å². The summed E-state index contributed by atoms with van der Waals surface area (Å²) in [6.45, 7) is 4.46. The highest BCUT2D eigenvalue weighted by molar-refractivity contribution is 9.10. The van der Waals surface area contributed by atoms with Crippen molar-refractivity contribution in [3.8, 4) is 5.75 Å². The quantitative estimate of drug-likeness (QED) is 0.578. The summed E-state index contributed by atoms with van der Waals surface area (Å²) in [5.74, 6) is 0.838. The van der Waals surface area contributed by atoms with E-state index in [9.17, 15) is 0 Å². The molecule has 0 saturated heterocycles. The lowest BCUT2D eigenvalue weighted by atomic mass is 9.76. The summed E-state index contributed by atoms with van der Waals surface area (Å²) in [4.78, 5) is 2.23. The number of hydrogen-bond acceptors (Lipinski definition) is 2. The Morgan fingerprint density at radius 2 is 1.91 bits per heavy atom. The van der Waals surface area contributed by atoms with Crippen molar-refractivity contribution in [1.82, 2.24) is 0 Å². The lowest BCUT2D eigenvalue weighted by Crippen LogP contribution is -2.58. The maximum absolute atomic E-state index is 6.61. The highest BCUT2D eigenvalue weighted by Gasteiger charge is 2.57. The highest BCUT2D eigenvalue weighted by atomic mass is 79.9. The van der Waals surface area contributed by atoms with Gasteiger partial charge in [-0.15, -0.1) is 0 Å². The van der Waals surface area contributed by atoms with Gasteiger partial charge in [0.1, 0.15) is 5.75 Å². The molecule has 23 heavy (non-hydrogen) atoms. The van der Waals surface area contributed by atoms with Gasteiger partial charge in [-0.3, -0.25) is 0 Å². The van der Waals surface area contributed by atoms with Crippen LogP contribution in [0.2, 0.25) is 5.02 Å². The molecule has 0 saturated carbocycles. The largest absolute Gasteiger partial charge is 0.462 e. The number of halogens is 2. The second-order valence-electron chi connectivity index (χ2n) is 6.64. The van der Waals surface area contributed by atoms with E-state index in [0.717, 1.165) is 15.8 Å². The van der Waals surface area contributed by atoms with E-state index in [2.05, 4.69) is 78.1 Å². The molecule has 2 aromatic rings. The van der Waals surface area contributed by atoms with Crippen LogP contribution < -0.4 is 9.64 Å². The molecule has 0 radical (unpaired) electrons. The number of nitrogens with zero attached hydrogens (tertiary/aromatic N) is 1. The Morgan fingerprint density at radius 3 is 2.65 bits per heavy atom. The third-order valence-corrected chi connectivity index (χ3v) is 5.92. The van der Waals surface area contributed by atoms with Gasteiger partial charge in [0.2, 0.25) is 5.72 Å². The maximum Gasteiger partial charge on any atom is 0.211 e. The van der Waals surface area contributed by atoms with E-state index in [0.29, 0.717) is 5.02 Å². The fourth-order valence-corrected chi connectivity index (χ4v) is 4.72. The molecule has 0 aliphatic carbocycles. The van der Waals surface area contributed by atoms with Crippen molar-refractivity contribution in [3.63, 3.8) is 0 Å². The van der Waals surface area contributed by atoms with Crippen molar-refractivity contribution in [2.75, 3.05) is 11.9 Å². The van der Waals surface area contributed by atoms with Gasteiger partial charge in [-0.25, -0.2) is 0 Å². The Bertz CT molecular complexity index is 845. The van der Waals surface area contributed by atoms with Crippen molar-refractivity contribution in [2.24, 2.45) is 0 Å². The summed E-state index contributed by atoms with van der Waals surface area (Å²) < 4.78 is 7.49. The highest BCUT2D eigenvalue weighted by Crippen LogP contribution is 2.55. The summed E-state index contributed by atoms with van der Waals surface area (Å²) in [7, 11) is 2.09. The fraction of sp³-hybridized carbons (Fsp3) is 0.263. The molecule has 2 aliphatic rings. The molecule has 0 N–H and O–H groups in total. The minimum atomic E-state index is -0.556. The van der Waals surface area contributed by atoms with E-state index in [1.165, 1.54) is 11.3 Å². The van der Waals surface area contributed by atoms with Gasteiger partial charge in [0.15, 0.2) is 0 Å². The molecule has 2 aromatic carbocycles. The zero-order valence-corrected chi connectivity index (χ0v) is 15.6. The monoisotopic (exact) mass is 389 g/mol. The zero-order valence-electron chi connectivity index (χ0n) is 13.2. The average Bonchev–Trinajstić information content (AvgIpc) is 2.68. The van der Waals surface area contributed by atoms with Gasteiger partial charge in [0.25, 0.3) is 0 Å². The average molecular weight is 391 g/mol. The van der Waals surface area contributed by atoms with Crippen molar-refractivity contribution in [1.29, 1.82) is 0 Å². The third-order valence-electron chi connectivity index (χ3n) is 5.12. The minimum Gasteiger partial charge on any atom is -0.462 e. The number of hydrogen-bond donors (Lipinski definition) is 0. The van der Waals surface area contributed by atoms with Crippen molar-refractivity contribution in [2.45, 2.75) is 25.0 Å². The lowest BCUT2D eigenvalue weighted by molar-refractivity contribution is 0.0574. The summed E-state index contributed by atoms with van der Waals surface area (Å²) in [5.41, 5.74) is 2.75. The van der Waals surface area contributed by atoms with E-state index in [1.807, 2.05) is 12.1 Å². The molecule has 4 heteroatoms. The molecule has 4 rings (SSSR count). The van der Waals surface area contributed by atoms with Crippen LogP contribution in [-0.2, 0) is 5.41 Å². The number of fused-ring (bicyclic) bond motifs is 2. The minimum absolute atomic E-state index is 0.189. The normalized spacial score (nSPS) is 23.6. The number of rotatable bonds is 0. The first kappa shape index (κ1) is 15.1. The van der Waals surface area contributed by atoms with Crippen LogP contribution in [0, 0.1) is 0 Å².